The number of carbonyl (C=O) groups excluding carboxylic acids is 2. The van der Waals surface area contributed by atoms with Gasteiger partial charge in [-0.05, 0) is 37.3 Å². The summed E-state index contributed by atoms with van der Waals surface area (Å²) in [4.78, 5) is 40.6. The Morgan fingerprint density at radius 3 is 2.79 bits per heavy atom. The predicted octanol–water partition coefficient (Wildman–Crippen LogP) is 1.21. The first-order valence-electron chi connectivity index (χ1n) is 9.72. The molecule has 2 aromatic rings. The van der Waals surface area contributed by atoms with Gasteiger partial charge in [-0.25, -0.2) is 0 Å². The summed E-state index contributed by atoms with van der Waals surface area (Å²) >= 11 is 0. The Balaban J connectivity index is 1.55. The van der Waals surface area contributed by atoms with Crippen LogP contribution >= 0.6 is 0 Å². The zero-order valence-corrected chi connectivity index (χ0v) is 15.5. The smallest absolute Gasteiger partial charge is 0.275 e. The number of nitrogens with zero attached hydrogens (tertiary/aromatic N) is 2. The Morgan fingerprint density at radius 2 is 2.11 bits per heavy atom. The van der Waals surface area contributed by atoms with E-state index in [1.165, 1.54) is 4.57 Å². The molecule has 28 heavy (non-hydrogen) atoms. The summed E-state index contributed by atoms with van der Waals surface area (Å²) in [5.41, 5.74) is 0.225. The lowest BCUT2D eigenvalue weighted by Crippen LogP contribution is -2.43. The Hall–Kier alpha value is -3.08. The van der Waals surface area contributed by atoms with E-state index < -0.39 is 12.1 Å². The Bertz CT molecular complexity index is 997. The molecule has 146 valence electrons. The molecule has 3 heterocycles. The number of nitrogens with one attached hydrogen (secondary N) is 3. The number of nitriles is 1. The van der Waals surface area contributed by atoms with Gasteiger partial charge in [-0.15, -0.1) is 0 Å². The van der Waals surface area contributed by atoms with Gasteiger partial charge in [0, 0.05) is 30.2 Å². The molecule has 4 rings (SSSR count). The van der Waals surface area contributed by atoms with E-state index in [0.717, 1.165) is 18.2 Å². The molecule has 1 saturated heterocycles. The van der Waals surface area contributed by atoms with E-state index >= 15 is 0 Å². The number of amides is 2. The number of rotatable bonds is 7. The fourth-order valence-corrected chi connectivity index (χ4v) is 3.89. The zero-order chi connectivity index (χ0) is 19.7. The van der Waals surface area contributed by atoms with Gasteiger partial charge in [0.15, 0.2) is 0 Å². The number of hydrogen-bond donors (Lipinski definition) is 3. The molecule has 2 amide bonds. The van der Waals surface area contributed by atoms with Crippen molar-refractivity contribution >= 4 is 22.7 Å². The molecule has 1 aliphatic carbocycles. The van der Waals surface area contributed by atoms with E-state index in [-0.39, 0.29) is 29.7 Å². The molecule has 0 bridgehead atoms. The maximum atomic E-state index is 13.0. The van der Waals surface area contributed by atoms with Crippen molar-refractivity contribution in [2.24, 2.45) is 11.8 Å². The minimum absolute atomic E-state index is 0.0718. The predicted molar refractivity (Wildman–Crippen MR) is 102 cm³/mol. The Labute approximate surface area is 161 Å². The van der Waals surface area contributed by atoms with Crippen LogP contribution in [0.2, 0.25) is 0 Å². The highest BCUT2D eigenvalue weighted by atomic mass is 16.2. The van der Waals surface area contributed by atoms with E-state index in [1.807, 2.05) is 12.1 Å². The number of carbonyl (C=O) groups is 2. The zero-order valence-electron chi connectivity index (χ0n) is 15.5. The summed E-state index contributed by atoms with van der Waals surface area (Å²) in [6.07, 6.45) is 6.97. The second kappa shape index (κ2) is 7.50. The summed E-state index contributed by atoms with van der Waals surface area (Å²) in [6, 6.07) is 4.29. The molecular weight excluding hydrogens is 358 g/mol. The second-order valence-corrected chi connectivity index (χ2v) is 7.73. The van der Waals surface area contributed by atoms with Crippen LogP contribution in [0.5, 0.6) is 0 Å². The van der Waals surface area contributed by atoms with E-state index in [9.17, 15) is 19.6 Å². The summed E-state index contributed by atoms with van der Waals surface area (Å²) in [7, 11) is 0. The largest absolute Gasteiger partial charge is 0.357 e. The van der Waals surface area contributed by atoms with Gasteiger partial charge in [-0.1, -0.05) is 12.8 Å². The van der Waals surface area contributed by atoms with Crippen LogP contribution in [0.4, 0.5) is 0 Å². The van der Waals surface area contributed by atoms with Gasteiger partial charge in [0.25, 0.3) is 5.56 Å². The summed E-state index contributed by atoms with van der Waals surface area (Å²) in [5, 5.41) is 15.8. The van der Waals surface area contributed by atoms with E-state index in [1.54, 1.807) is 12.4 Å². The molecule has 0 aromatic carbocycles. The lowest BCUT2D eigenvalue weighted by Gasteiger charge is -2.22. The van der Waals surface area contributed by atoms with Crippen LogP contribution in [-0.2, 0) is 9.59 Å². The molecule has 3 N–H and O–H groups in total. The van der Waals surface area contributed by atoms with Crippen LogP contribution < -0.4 is 16.2 Å². The van der Waals surface area contributed by atoms with Gasteiger partial charge in [-0.3, -0.25) is 14.4 Å². The molecule has 8 nitrogen and oxygen atoms in total. The van der Waals surface area contributed by atoms with Gasteiger partial charge in [0.05, 0.1) is 6.07 Å². The van der Waals surface area contributed by atoms with E-state index in [2.05, 4.69) is 21.7 Å². The number of aromatic amines is 1. The highest BCUT2D eigenvalue weighted by Crippen LogP contribution is 2.36. The normalized spacial score (nSPS) is 21.1. The minimum atomic E-state index is -0.757. The lowest BCUT2D eigenvalue weighted by atomic mass is 9.98. The van der Waals surface area contributed by atoms with Crippen molar-refractivity contribution in [3.8, 4) is 6.07 Å². The number of aromatic nitrogens is 2. The second-order valence-electron chi connectivity index (χ2n) is 7.73. The molecule has 0 spiro atoms. The van der Waals surface area contributed by atoms with E-state index in [0.29, 0.717) is 30.8 Å². The van der Waals surface area contributed by atoms with Gasteiger partial charge in [-0.2, -0.15) is 5.26 Å². The third kappa shape index (κ3) is 3.65. The highest BCUT2D eigenvalue weighted by molar-refractivity contribution is 5.83. The van der Waals surface area contributed by atoms with Gasteiger partial charge in [0.2, 0.25) is 11.8 Å². The van der Waals surface area contributed by atoms with Crippen molar-refractivity contribution < 1.29 is 9.59 Å². The summed E-state index contributed by atoms with van der Waals surface area (Å²) in [5.74, 6) is -0.254. The maximum Gasteiger partial charge on any atom is 0.275 e. The summed E-state index contributed by atoms with van der Waals surface area (Å²) < 4.78 is 1.46. The van der Waals surface area contributed by atoms with Gasteiger partial charge >= 0.3 is 0 Å². The average molecular weight is 381 g/mol. The standard InChI is InChI=1S/C20H23N5O3/c21-11-15(10-14-4-7-23-18(14)26)24-19(27)16(9-12-1-2-12)25-8-5-13-3-6-22-17(13)20(25)28/h3,5-6,8,12,14-16,22H,1-2,4,7,9-10H2,(H,23,26)(H,24,27)/t14-,15-,16?/m0/s1. The molecule has 1 unspecified atom stereocenters. The maximum absolute atomic E-state index is 13.0. The third-order valence-corrected chi connectivity index (χ3v) is 5.69. The van der Waals surface area contributed by atoms with Gasteiger partial charge in [0.1, 0.15) is 17.6 Å². The third-order valence-electron chi connectivity index (χ3n) is 5.69. The van der Waals surface area contributed by atoms with Crippen LogP contribution in [0.1, 0.15) is 38.1 Å². The van der Waals surface area contributed by atoms with Crippen molar-refractivity contribution in [2.75, 3.05) is 6.54 Å². The van der Waals surface area contributed by atoms with Crippen LogP contribution in [0.3, 0.4) is 0 Å². The average Bonchev–Trinajstić information content (AvgIpc) is 3.21. The number of fused-ring (bicyclic) bond motifs is 1. The Morgan fingerprint density at radius 1 is 1.29 bits per heavy atom. The first-order chi connectivity index (χ1) is 13.6. The number of pyridine rings is 1. The van der Waals surface area contributed by atoms with Crippen LogP contribution in [0, 0.1) is 23.2 Å². The molecule has 2 aromatic heterocycles. The minimum Gasteiger partial charge on any atom is -0.357 e. The van der Waals surface area contributed by atoms with Crippen LogP contribution in [0.25, 0.3) is 10.9 Å². The van der Waals surface area contributed by atoms with Crippen molar-refractivity contribution in [2.45, 2.75) is 44.2 Å². The molecule has 8 heteroatoms. The quantitative estimate of drug-likeness (QED) is 0.667. The van der Waals surface area contributed by atoms with Crippen LogP contribution in [0.15, 0.2) is 29.3 Å². The molecule has 2 fully saturated rings. The molecule has 1 aliphatic heterocycles. The molecule has 0 radical (unpaired) electrons. The van der Waals surface area contributed by atoms with Crippen molar-refractivity contribution in [3.05, 3.63) is 34.9 Å². The molecule has 3 atom stereocenters. The lowest BCUT2D eigenvalue weighted by molar-refractivity contribution is -0.126. The highest BCUT2D eigenvalue weighted by Gasteiger charge is 2.33. The number of hydrogen-bond acceptors (Lipinski definition) is 4. The molecular formula is C20H23N5O3. The Kier molecular flexibility index (Phi) is 4.90. The fourth-order valence-electron chi connectivity index (χ4n) is 3.89. The van der Waals surface area contributed by atoms with Gasteiger partial charge < -0.3 is 20.2 Å². The van der Waals surface area contributed by atoms with Crippen LogP contribution in [-0.4, -0.2) is 34.0 Å². The van der Waals surface area contributed by atoms with Crippen molar-refractivity contribution in [3.63, 3.8) is 0 Å². The topological polar surface area (TPSA) is 120 Å². The summed E-state index contributed by atoms with van der Waals surface area (Å²) in [6.45, 7) is 0.603. The SMILES string of the molecule is N#C[C@H](C[C@@H]1CCNC1=O)NC(=O)C(CC1CC1)n1ccc2cc[nH]c2c1=O. The monoisotopic (exact) mass is 381 g/mol. The molecule has 2 aliphatic rings. The number of H-pyrrole nitrogens is 1. The van der Waals surface area contributed by atoms with Crippen molar-refractivity contribution in [1.82, 2.24) is 20.2 Å². The first kappa shape index (κ1) is 18.3. The first-order valence-corrected chi connectivity index (χ1v) is 9.72. The molecule has 1 saturated carbocycles. The fraction of sp³-hybridized carbons (Fsp3) is 0.500. The van der Waals surface area contributed by atoms with Crippen molar-refractivity contribution in [1.29, 1.82) is 5.26 Å². The van der Waals surface area contributed by atoms with E-state index in [4.69, 9.17) is 0 Å².